The Labute approximate surface area is 132 Å². The van der Waals surface area contributed by atoms with Gasteiger partial charge in [0.1, 0.15) is 5.75 Å². The van der Waals surface area contributed by atoms with Crippen molar-refractivity contribution in [1.29, 1.82) is 0 Å². The molecule has 0 atom stereocenters. The summed E-state index contributed by atoms with van der Waals surface area (Å²) in [5.74, 6) is 0.111. The Kier molecular flexibility index (Phi) is 4.79. The van der Waals surface area contributed by atoms with Crippen LogP contribution in [0.2, 0.25) is 0 Å². The van der Waals surface area contributed by atoms with Crippen LogP contribution < -0.4 is 4.90 Å². The van der Waals surface area contributed by atoms with E-state index in [-0.39, 0.29) is 17.3 Å². The van der Waals surface area contributed by atoms with Gasteiger partial charge in [-0.15, -0.1) is 0 Å². The van der Waals surface area contributed by atoms with Gasteiger partial charge in [-0.1, -0.05) is 6.08 Å². The summed E-state index contributed by atoms with van der Waals surface area (Å²) in [5.41, 5.74) is 3.21. The van der Waals surface area contributed by atoms with Crippen molar-refractivity contribution in [3.63, 3.8) is 0 Å². The van der Waals surface area contributed by atoms with Crippen LogP contribution in [0.15, 0.2) is 24.3 Å². The molecule has 120 valence electrons. The van der Waals surface area contributed by atoms with Crippen LogP contribution in [0.25, 0.3) is 5.57 Å². The lowest BCUT2D eigenvalue weighted by atomic mass is 9.88. The number of esters is 1. The highest BCUT2D eigenvalue weighted by atomic mass is 16.5. The van der Waals surface area contributed by atoms with Gasteiger partial charge in [-0.2, -0.15) is 0 Å². The number of allylic oxidation sites excluding steroid dienone is 1. The minimum atomic E-state index is -0.153. The van der Waals surface area contributed by atoms with Crippen molar-refractivity contribution in [3.05, 3.63) is 29.8 Å². The van der Waals surface area contributed by atoms with Gasteiger partial charge in [-0.25, -0.2) is 0 Å². The summed E-state index contributed by atoms with van der Waals surface area (Å²) in [6, 6.07) is 5.47. The number of ether oxygens (including phenoxy) is 1. The Hall–Kier alpha value is -1.97. The smallest absolute Gasteiger partial charge is 0.305 e. The first-order valence-electron chi connectivity index (χ1n) is 7.81. The van der Waals surface area contributed by atoms with Crippen molar-refractivity contribution in [2.24, 2.45) is 0 Å². The Morgan fingerprint density at radius 1 is 1.36 bits per heavy atom. The van der Waals surface area contributed by atoms with E-state index in [1.807, 2.05) is 13.0 Å². The second-order valence-corrected chi connectivity index (χ2v) is 6.24. The number of nitrogens with zero attached hydrogens (tertiary/aromatic N) is 1. The molecule has 0 aliphatic carbocycles. The number of hydrogen-bond donors (Lipinski definition) is 1. The molecule has 0 unspecified atom stereocenters. The van der Waals surface area contributed by atoms with Crippen molar-refractivity contribution in [3.8, 4) is 5.75 Å². The number of phenols is 1. The van der Waals surface area contributed by atoms with E-state index in [2.05, 4.69) is 31.7 Å². The summed E-state index contributed by atoms with van der Waals surface area (Å²) >= 11 is 0. The van der Waals surface area contributed by atoms with Crippen LogP contribution in [0.5, 0.6) is 5.75 Å². The van der Waals surface area contributed by atoms with Crippen LogP contribution in [0, 0.1) is 0 Å². The Bertz CT molecular complexity index is 590. The van der Waals surface area contributed by atoms with Gasteiger partial charge in [-0.05, 0) is 51.8 Å². The molecule has 1 aliphatic heterocycles. The van der Waals surface area contributed by atoms with Crippen LogP contribution in [0.1, 0.15) is 46.1 Å². The zero-order valence-corrected chi connectivity index (χ0v) is 13.8. The van der Waals surface area contributed by atoms with Crippen LogP contribution in [0.4, 0.5) is 5.69 Å². The summed E-state index contributed by atoms with van der Waals surface area (Å²) in [4.78, 5) is 13.7. The summed E-state index contributed by atoms with van der Waals surface area (Å²) in [6.07, 6.45) is 3.37. The molecule has 0 fully saturated rings. The van der Waals surface area contributed by atoms with Crippen molar-refractivity contribution < 1.29 is 14.6 Å². The highest BCUT2D eigenvalue weighted by molar-refractivity contribution is 5.82. The van der Waals surface area contributed by atoms with Crippen molar-refractivity contribution >= 4 is 17.2 Å². The van der Waals surface area contributed by atoms with Gasteiger partial charge in [0, 0.05) is 30.3 Å². The maximum Gasteiger partial charge on any atom is 0.305 e. The van der Waals surface area contributed by atoms with Gasteiger partial charge in [0.25, 0.3) is 0 Å². The molecule has 0 aromatic heterocycles. The van der Waals surface area contributed by atoms with Gasteiger partial charge in [-0.3, -0.25) is 4.79 Å². The summed E-state index contributed by atoms with van der Waals surface area (Å²) < 4.78 is 4.98. The molecule has 4 nitrogen and oxygen atoms in total. The maximum atomic E-state index is 11.5. The third kappa shape index (κ3) is 3.43. The molecule has 1 aromatic carbocycles. The highest BCUT2D eigenvalue weighted by Crippen LogP contribution is 2.40. The zero-order valence-electron chi connectivity index (χ0n) is 13.8. The van der Waals surface area contributed by atoms with E-state index in [1.54, 1.807) is 12.1 Å². The largest absolute Gasteiger partial charge is 0.508 e. The van der Waals surface area contributed by atoms with E-state index < -0.39 is 0 Å². The van der Waals surface area contributed by atoms with Gasteiger partial charge in [0.2, 0.25) is 0 Å². The zero-order chi connectivity index (χ0) is 16.3. The fourth-order valence-corrected chi connectivity index (χ4v) is 3.10. The number of fused-ring (bicyclic) bond motifs is 1. The number of phenolic OH excluding ortho intramolecular Hbond substituents is 1. The molecule has 1 aliphatic rings. The minimum absolute atomic E-state index is 0.153. The molecule has 1 heterocycles. The van der Waals surface area contributed by atoms with Crippen LogP contribution in [-0.4, -0.2) is 29.8 Å². The number of aromatic hydroxyl groups is 1. The lowest BCUT2D eigenvalue weighted by molar-refractivity contribution is -0.143. The molecule has 1 aromatic rings. The fraction of sp³-hybridized carbons (Fsp3) is 0.500. The predicted molar refractivity (Wildman–Crippen MR) is 89.0 cm³/mol. The van der Waals surface area contributed by atoms with Gasteiger partial charge in [0.15, 0.2) is 0 Å². The molecule has 4 heteroatoms. The average Bonchev–Trinajstić information content (AvgIpc) is 2.41. The third-order valence-corrected chi connectivity index (χ3v) is 4.03. The van der Waals surface area contributed by atoms with Crippen molar-refractivity contribution in [2.45, 2.75) is 46.1 Å². The second kappa shape index (κ2) is 6.42. The third-order valence-electron chi connectivity index (χ3n) is 4.03. The first-order chi connectivity index (χ1) is 10.3. The molecular weight excluding hydrogens is 278 g/mol. The summed E-state index contributed by atoms with van der Waals surface area (Å²) in [7, 11) is 0. The number of anilines is 1. The molecule has 0 bridgehead atoms. The Morgan fingerprint density at radius 2 is 2.09 bits per heavy atom. The van der Waals surface area contributed by atoms with E-state index in [1.165, 1.54) is 5.57 Å². The maximum absolute atomic E-state index is 11.5. The molecule has 0 radical (unpaired) electrons. The standard InChI is InChI=1S/C18H25NO3/c1-5-22-17(21)7-6-10-19-16-11-14(20)8-9-15(16)13(2)12-18(19,3)4/h8-9,11-12,20H,5-7,10H2,1-4H3. The van der Waals surface area contributed by atoms with E-state index >= 15 is 0 Å². The summed E-state index contributed by atoms with van der Waals surface area (Å²) in [6.45, 7) is 9.37. The number of benzene rings is 1. The van der Waals surface area contributed by atoms with Crippen LogP contribution in [0.3, 0.4) is 0 Å². The lowest BCUT2D eigenvalue weighted by Gasteiger charge is -2.43. The molecule has 0 saturated carbocycles. The highest BCUT2D eigenvalue weighted by Gasteiger charge is 2.31. The Balaban J connectivity index is 2.19. The molecule has 0 saturated heterocycles. The molecule has 0 amide bonds. The number of carbonyl (C=O) groups excluding carboxylic acids is 1. The normalized spacial score (nSPS) is 16.0. The fourth-order valence-electron chi connectivity index (χ4n) is 3.10. The predicted octanol–water partition coefficient (Wildman–Crippen LogP) is 3.74. The van der Waals surface area contributed by atoms with Crippen molar-refractivity contribution in [2.75, 3.05) is 18.1 Å². The quantitative estimate of drug-likeness (QED) is 0.842. The van der Waals surface area contributed by atoms with E-state index in [0.29, 0.717) is 13.0 Å². The Morgan fingerprint density at radius 3 is 2.77 bits per heavy atom. The van der Waals surface area contributed by atoms with Gasteiger partial charge >= 0.3 is 5.97 Å². The van der Waals surface area contributed by atoms with Gasteiger partial charge in [0.05, 0.1) is 12.1 Å². The number of hydrogen-bond acceptors (Lipinski definition) is 4. The minimum Gasteiger partial charge on any atom is -0.508 e. The van der Waals surface area contributed by atoms with E-state index in [9.17, 15) is 9.90 Å². The monoisotopic (exact) mass is 303 g/mol. The number of carbonyl (C=O) groups is 1. The summed E-state index contributed by atoms with van der Waals surface area (Å²) in [5, 5.41) is 9.83. The van der Waals surface area contributed by atoms with E-state index in [0.717, 1.165) is 24.2 Å². The SMILES string of the molecule is CCOC(=O)CCCN1c2cc(O)ccc2C(C)=CC1(C)C. The molecule has 0 spiro atoms. The number of rotatable bonds is 5. The lowest BCUT2D eigenvalue weighted by Crippen LogP contribution is -2.45. The first kappa shape index (κ1) is 16.4. The molecule has 2 rings (SSSR count). The van der Waals surface area contributed by atoms with Crippen molar-refractivity contribution in [1.82, 2.24) is 0 Å². The van der Waals surface area contributed by atoms with E-state index in [4.69, 9.17) is 4.74 Å². The molecular formula is C18H25NO3. The first-order valence-corrected chi connectivity index (χ1v) is 7.81. The van der Waals surface area contributed by atoms with Crippen LogP contribution in [-0.2, 0) is 9.53 Å². The second-order valence-electron chi connectivity index (χ2n) is 6.24. The molecule has 1 N–H and O–H groups in total. The topological polar surface area (TPSA) is 49.8 Å². The molecule has 22 heavy (non-hydrogen) atoms. The van der Waals surface area contributed by atoms with Gasteiger partial charge < -0.3 is 14.7 Å². The average molecular weight is 303 g/mol. The van der Waals surface area contributed by atoms with Crippen LogP contribution >= 0.6 is 0 Å².